The lowest BCUT2D eigenvalue weighted by Gasteiger charge is -2.24. The van der Waals surface area contributed by atoms with Crippen LogP contribution in [0.3, 0.4) is 0 Å². The topological polar surface area (TPSA) is 63.7 Å². The Morgan fingerprint density at radius 1 is 1.18 bits per heavy atom. The molecule has 1 aliphatic rings. The minimum Gasteiger partial charge on any atom is -0.381 e. The fraction of sp³-hybridized carbons (Fsp3) is 0.381. The second kappa shape index (κ2) is 9.11. The van der Waals surface area contributed by atoms with Crippen LogP contribution in [0.4, 0.5) is 0 Å². The van der Waals surface area contributed by atoms with Crippen molar-refractivity contribution in [2.75, 3.05) is 32.6 Å². The van der Waals surface area contributed by atoms with Gasteiger partial charge in [0.15, 0.2) is 9.84 Å². The number of sulfone groups is 1. The van der Waals surface area contributed by atoms with Crippen molar-refractivity contribution in [3.8, 4) is 0 Å². The van der Waals surface area contributed by atoms with Crippen LogP contribution in [0.5, 0.6) is 0 Å². The van der Waals surface area contributed by atoms with Crippen LogP contribution in [-0.4, -0.2) is 51.8 Å². The number of rotatable bonds is 7. The molecule has 0 aliphatic carbocycles. The van der Waals surface area contributed by atoms with Crippen LogP contribution >= 0.6 is 11.8 Å². The third-order valence-electron chi connectivity index (χ3n) is 4.77. The molecular weight excluding hydrogens is 394 g/mol. The van der Waals surface area contributed by atoms with E-state index in [-0.39, 0.29) is 10.8 Å². The van der Waals surface area contributed by atoms with E-state index in [9.17, 15) is 13.2 Å². The van der Waals surface area contributed by atoms with E-state index in [1.54, 1.807) is 24.3 Å². The molecule has 1 heterocycles. The minimum absolute atomic E-state index is 0.0188. The van der Waals surface area contributed by atoms with Crippen LogP contribution in [-0.2, 0) is 14.6 Å². The Morgan fingerprint density at radius 3 is 2.50 bits per heavy atom. The molecule has 1 saturated heterocycles. The van der Waals surface area contributed by atoms with Crippen molar-refractivity contribution in [3.63, 3.8) is 0 Å². The summed E-state index contributed by atoms with van der Waals surface area (Å²) in [4.78, 5) is 17.1. The zero-order chi connectivity index (χ0) is 20.1. The largest absolute Gasteiger partial charge is 0.381 e. The number of nitrogens with zero attached hydrogens (tertiary/aromatic N) is 1. The molecule has 2 aromatic rings. The number of carbonyl (C=O) groups excluding carboxylic acids is 1. The first kappa shape index (κ1) is 20.9. The van der Waals surface area contributed by atoms with Crippen LogP contribution < -0.4 is 0 Å². The van der Waals surface area contributed by atoms with Crippen LogP contribution in [0.2, 0.25) is 0 Å². The van der Waals surface area contributed by atoms with Gasteiger partial charge < -0.3 is 9.64 Å². The Bertz CT molecular complexity index is 920. The van der Waals surface area contributed by atoms with Crippen molar-refractivity contribution >= 4 is 27.5 Å². The van der Waals surface area contributed by atoms with Crippen molar-refractivity contribution in [2.24, 2.45) is 5.92 Å². The standard InChI is InChI=1S/C21H25NO4S2/c1-3-22(14-16-12-13-26-15-16)21(23)19-6-4-5-7-20(19)27-17-8-10-18(11-9-17)28(2,24)25/h4-11,16H,3,12-15H2,1-2H3/t16-/m1/s1. The number of carbonyl (C=O) groups is 1. The number of ether oxygens (including phenoxy) is 1. The molecule has 28 heavy (non-hydrogen) atoms. The van der Waals surface area contributed by atoms with Gasteiger partial charge in [-0.05, 0) is 49.7 Å². The highest BCUT2D eigenvalue weighted by Crippen LogP contribution is 2.32. The lowest BCUT2D eigenvalue weighted by molar-refractivity contribution is 0.0727. The molecule has 5 nitrogen and oxygen atoms in total. The quantitative estimate of drug-likeness (QED) is 0.684. The van der Waals surface area contributed by atoms with Gasteiger partial charge in [0.05, 0.1) is 17.1 Å². The maximum atomic E-state index is 13.2. The summed E-state index contributed by atoms with van der Waals surface area (Å²) in [5.74, 6) is 0.414. The molecule has 7 heteroatoms. The molecule has 1 fully saturated rings. The molecule has 0 aromatic heterocycles. The molecule has 0 unspecified atom stereocenters. The molecular formula is C21H25NO4S2. The van der Waals surface area contributed by atoms with Gasteiger partial charge in [-0.25, -0.2) is 8.42 Å². The Labute approximate surface area is 171 Å². The fourth-order valence-electron chi connectivity index (χ4n) is 3.18. The Hall–Kier alpha value is -1.83. The average molecular weight is 420 g/mol. The highest BCUT2D eigenvalue weighted by Gasteiger charge is 2.24. The zero-order valence-corrected chi connectivity index (χ0v) is 17.8. The van der Waals surface area contributed by atoms with Gasteiger partial charge in [0.2, 0.25) is 0 Å². The first-order chi connectivity index (χ1) is 13.4. The summed E-state index contributed by atoms with van der Waals surface area (Å²) >= 11 is 1.47. The number of amides is 1. The van der Waals surface area contributed by atoms with Crippen molar-refractivity contribution < 1.29 is 17.9 Å². The van der Waals surface area contributed by atoms with Crippen molar-refractivity contribution in [1.82, 2.24) is 4.90 Å². The molecule has 150 valence electrons. The smallest absolute Gasteiger partial charge is 0.255 e. The predicted octanol–water partition coefficient (Wildman–Crippen LogP) is 3.74. The number of hydrogen-bond donors (Lipinski definition) is 0. The molecule has 1 atom stereocenters. The number of hydrogen-bond acceptors (Lipinski definition) is 5. The summed E-state index contributed by atoms with van der Waals surface area (Å²) in [5.41, 5.74) is 0.667. The maximum Gasteiger partial charge on any atom is 0.255 e. The summed E-state index contributed by atoms with van der Waals surface area (Å²) in [7, 11) is -3.22. The lowest BCUT2D eigenvalue weighted by atomic mass is 10.1. The molecule has 0 saturated carbocycles. The van der Waals surface area contributed by atoms with E-state index in [1.807, 2.05) is 36.1 Å². The van der Waals surface area contributed by atoms with Gasteiger partial charge in [0, 0.05) is 41.7 Å². The van der Waals surface area contributed by atoms with Crippen molar-refractivity contribution in [3.05, 3.63) is 54.1 Å². The highest BCUT2D eigenvalue weighted by atomic mass is 32.2. The van der Waals surface area contributed by atoms with E-state index in [4.69, 9.17) is 4.74 Å². The monoisotopic (exact) mass is 419 g/mol. The maximum absolute atomic E-state index is 13.2. The van der Waals surface area contributed by atoms with E-state index in [1.165, 1.54) is 18.0 Å². The number of benzene rings is 2. The Balaban J connectivity index is 1.79. The predicted molar refractivity (Wildman–Crippen MR) is 111 cm³/mol. The van der Waals surface area contributed by atoms with Crippen molar-refractivity contribution in [2.45, 2.75) is 28.0 Å². The van der Waals surface area contributed by atoms with Crippen LogP contribution in [0.15, 0.2) is 63.2 Å². The van der Waals surface area contributed by atoms with Crippen LogP contribution in [0, 0.1) is 5.92 Å². The molecule has 0 bridgehead atoms. The summed E-state index contributed by atoms with van der Waals surface area (Å²) in [6.07, 6.45) is 2.19. The lowest BCUT2D eigenvalue weighted by Crippen LogP contribution is -2.35. The van der Waals surface area contributed by atoms with Gasteiger partial charge >= 0.3 is 0 Å². The first-order valence-electron chi connectivity index (χ1n) is 9.32. The van der Waals surface area contributed by atoms with E-state index in [0.717, 1.165) is 22.8 Å². The zero-order valence-electron chi connectivity index (χ0n) is 16.1. The summed E-state index contributed by atoms with van der Waals surface area (Å²) < 4.78 is 28.7. The molecule has 2 aromatic carbocycles. The summed E-state index contributed by atoms with van der Waals surface area (Å²) in [6, 6.07) is 14.3. The SMILES string of the molecule is CCN(C[C@H]1CCOC1)C(=O)c1ccccc1Sc1ccc(S(C)(=O)=O)cc1. The highest BCUT2D eigenvalue weighted by molar-refractivity contribution is 7.99. The van der Waals surface area contributed by atoms with E-state index >= 15 is 0 Å². The van der Waals surface area contributed by atoms with Gasteiger partial charge in [-0.3, -0.25) is 4.79 Å². The first-order valence-corrected chi connectivity index (χ1v) is 12.0. The second-order valence-corrected chi connectivity index (χ2v) is 10.0. The van der Waals surface area contributed by atoms with Crippen LogP contribution in [0.1, 0.15) is 23.7 Å². The Kier molecular flexibility index (Phi) is 6.80. The summed E-state index contributed by atoms with van der Waals surface area (Å²) in [5, 5.41) is 0. The van der Waals surface area contributed by atoms with Gasteiger partial charge in [0.25, 0.3) is 5.91 Å². The second-order valence-electron chi connectivity index (χ2n) is 6.92. The van der Waals surface area contributed by atoms with Crippen molar-refractivity contribution in [1.29, 1.82) is 0 Å². The molecule has 0 radical (unpaired) electrons. The van der Waals surface area contributed by atoms with Gasteiger partial charge in [-0.1, -0.05) is 23.9 Å². The van der Waals surface area contributed by atoms with Gasteiger partial charge in [0.1, 0.15) is 0 Å². The van der Waals surface area contributed by atoms with E-state index in [2.05, 4.69) is 0 Å². The summed E-state index contributed by atoms with van der Waals surface area (Å²) in [6.45, 7) is 4.83. The van der Waals surface area contributed by atoms with Crippen LogP contribution in [0.25, 0.3) is 0 Å². The third-order valence-corrected chi connectivity index (χ3v) is 6.98. The molecule has 1 amide bonds. The normalized spacial score (nSPS) is 16.9. The van der Waals surface area contributed by atoms with Gasteiger partial charge in [-0.15, -0.1) is 0 Å². The van der Waals surface area contributed by atoms with E-state index < -0.39 is 9.84 Å². The average Bonchev–Trinajstić information content (AvgIpc) is 3.19. The third kappa shape index (κ3) is 5.16. The molecule has 3 rings (SSSR count). The Morgan fingerprint density at radius 2 is 1.89 bits per heavy atom. The minimum atomic E-state index is -3.22. The molecule has 1 aliphatic heterocycles. The van der Waals surface area contributed by atoms with Gasteiger partial charge in [-0.2, -0.15) is 0 Å². The van der Waals surface area contributed by atoms with E-state index in [0.29, 0.717) is 31.2 Å². The fourth-order valence-corrected chi connectivity index (χ4v) is 4.75. The molecule has 0 spiro atoms. The molecule has 0 N–H and O–H groups in total.